The smallest absolute Gasteiger partial charge is 0.204 e. The predicted molar refractivity (Wildman–Crippen MR) is 70.5 cm³/mol. The van der Waals surface area contributed by atoms with Gasteiger partial charge in [0.1, 0.15) is 5.82 Å². The fourth-order valence-corrected chi connectivity index (χ4v) is 2.31. The number of rotatable bonds is 3. The van der Waals surface area contributed by atoms with Gasteiger partial charge < -0.3 is 5.32 Å². The molecule has 1 aromatic heterocycles. The van der Waals surface area contributed by atoms with Crippen molar-refractivity contribution in [1.82, 2.24) is 10.2 Å². The van der Waals surface area contributed by atoms with Crippen molar-refractivity contribution in [3.8, 4) is 0 Å². The number of halogens is 1. The molecule has 0 amide bonds. The minimum absolute atomic E-state index is 0.0148. The Balaban J connectivity index is 2.16. The summed E-state index contributed by atoms with van der Waals surface area (Å²) >= 11 is 6.30. The first-order valence-corrected chi connectivity index (χ1v) is 6.37. The van der Waals surface area contributed by atoms with Gasteiger partial charge in [-0.05, 0) is 43.3 Å². The number of aryl methyl sites for hydroxylation is 1. The van der Waals surface area contributed by atoms with Crippen molar-refractivity contribution in [1.29, 1.82) is 0 Å². The molecule has 0 spiro atoms. The molecule has 2 N–H and O–H groups in total. The van der Waals surface area contributed by atoms with Gasteiger partial charge in [-0.1, -0.05) is 23.5 Å². The molecule has 0 saturated heterocycles. The summed E-state index contributed by atoms with van der Waals surface area (Å²) in [6, 6.07) is 5.20. The molecule has 1 aromatic carbocycles. The lowest BCUT2D eigenvalue weighted by Gasteiger charge is -2.13. The van der Waals surface area contributed by atoms with E-state index in [9.17, 15) is 4.39 Å². The maximum absolute atomic E-state index is 13.4. The zero-order valence-electron chi connectivity index (χ0n) is 9.45. The molecule has 2 aromatic rings. The monoisotopic (exact) mass is 269 g/mol. The van der Waals surface area contributed by atoms with Crippen LogP contribution in [0.2, 0.25) is 0 Å². The minimum atomic E-state index is -0.189. The van der Waals surface area contributed by atoms with E-state index in [-0.39, 0.29) is 11.9 Å². The third-order valence-corrected chi connectivity index (χ3v) is 3.49. The molecular weight excluding hydrogens is 257 g/mol. The van der Waals surface area contributed by atoms with E-state index in [0.29, 0.717) is 14.6 Å². The summed E-state index contributed by atoms with van der Waals surface area (Å²) < 4.78 is 14.0. The summed E-state index contributed by atoms with van der Waals surface area (Å²) in [7, 11) is 0. The topological polar surface area (TPSA) is 40.7 Å². The van der Waals surface area contributed by atoms with E-state index in [1.165, 1.54) is 11.3 Å². The Kier molecular flexibility index (Phi) is 3.54. The Morgan fingerprint density at radius 1 is 1.53 bits per heavy atom. The Morgan fingerprint density at radius 2 is 2.29 bits per heavy atom. The van der Waals surface area contributed by atoms with E-state index in [4.69, 9.17) is 12.2 Å². The summed E-state index contributed by atoms with van der Waals surface area (Å²) in [5.41, 5.74) is 1.53. The van der Waals surface area contributed by atoms with Crippen LogP contribution in [0.1, 0.15) is 24.1 Å². The number of H-pyrrole nitrogens is 1. The summed E-state index contributed by atoms with van der Waals surface area (Å²) in [6.07, 6.45) is 0. The Labute approximate surface area is 108 Å². The molecule has 0 fully saturated rings. The zero-order chi connectivity index (χ0) is 12.4. The quantitative estimate of drug-likeness (QED) is 0.832. The molecule has 6 heteroatoms. The van der Waals surface area contributed by atoms with Gasteiger partial charge in [0.25, 0.3) is 0 Å². The van der Waals surface area contributed by atoms with E-state index >= 15 is 0 Å². The number of aromatic nitrogens is 2. The minimum Gasteiger partial charge on any atom is -0.354 e. The maximum atomic E-state index is 13.4. The lowest BCUT2D eigenvalue weighted by molar-refractivity contribution is 0.614. The van der Waals surface area contributed by atoms with Crippen LogP contribution in [-0.2, 0) is 0 Å². The number of hydrogen-bond donors (Lipinski definition) is 2. The standard InChI is InChI=1S/C11H12FN3S2/c1-6-3-4-8(5-9(6)12)7(2)13-10-14-15-11(16)17-10/h3-5,7H,1-2H3,(H,13,14)(H,15,16). The molecule has 1 unspecified atom stereocenters. The van der Waals surface area contributed by atoms with Crippen molar-refractivity contribution in [3.63, 3.8) is 0 Å². The van der Waals surface area contributed by atoms with Crippen molar-refractivity contribution in [3.05, 3.63) is 39.1 Å². The molecule has 1 atom stereocenters. The zero-order valence-corrected chi connectivity index (χ0v) is 11.1. The van der Waals surface area contributed by atoms with E-state index in [1.807, 2.05) is 13.0 Å². The first kappa shape index (κ1) is 12.2. The van der Waals surface area contributed by atoms with Crippen LogP contribution in [0.15, 0.2) is 18.2 Å². The molecule has 0 aliphatic carbocycles. The lowest BCUT2D eigenvalue weighted by atomic mass is 10.1. The highest BCUT2D eigenvalue weighted by atomic mass is 32.1. The molecule has 3 nitrogen and oxygen atoms in total. The van der Waals surface area contributed by atoms with Crippen LogP contribution < -0.4 is 5.32 Å². The average Bonchev–Trinajstić information content (AvgIpc) is 2.68. The van der Waals surface area contributed by atoms with Gasteiger partial charge in [0.05, 0.1) is 6.04 Å². The summed E-state index contributed by atoms with van der Waals surface area (Å²) in [5, 5.41) is 10.6. The molecule has 1 heterocycles. The Hall–Kier alpha value is -1.27. The van der Waals surface area contributed by atoms with Crippen molar-refractivity contribution >= 4 is 28.7 Å². The van der Waals surface area contributed by atoms with Crippen molar-refractivity contribution < 1.29 is 4.39 Å². The lowest BCUT2D eigenvalue weighted by Crippen LogP contribution is -2.06. The van der Waals surface area contributed by atoms with Crippen LogP contribution in [0.25, 0.3) is 0 Å². The second-order valence-corrected chi connectivity index (χ2v) is 5.46. The van der Waals surface area contributed by atoms with Crippen molar-refractivity contribution in [2.75, 3.05) is 5.32 Å². The molecule has 0 bridgehead atoms. The molecular formula is C11H12FN3S2. The first-order valence-electron chi connectivity index (χ1n) is 5.14. The SMILES string of the molecule is Cc1ccc(C(C)Nc2n[nH]c(=S)s2)cc1F. The van der Waals surface area contributed by atoms with Crippen LogP contribution in [0.5, 0.6) is 0 Å². The third-order valence-electron chi connectivity index (χ3n) is 2.47. The highest BCUT2D eigenvalue weighted by Crippen LogP contribution is 2.22. The molecule has 0 aliphatic heterocycles. The van der Waals surface area contributed by atoms with Crippen molar-refractivity contribution in [2.45, 2.75) is 19.9 Å². The average molecular weight is 269 g/mol. The number of hydrogen-bond acceptors (Lipinski definition) is 4. The van der Waals surface area contributed by atoms with Crippen LogP contribution in [0.3, 0.4) is 0 Å². The Bertz CT molecular complexity index is 576. The number of nitrogens with one attached hydrogen (secondary N) is 2. The highest BCUT2D eigenvalue weighted by Gasteiger charge is 2.09. The number of aromatic amines is 1. The third kappa shape index (κ3) is 2.89. The van der Waals surface area contributed by atoms with Gasteiger partial charge >= 0.3 is 0 Å². The summed E-state index contributed by atoms with van der Waals surface area (Å²) in [6.45, 7) is 3.70. The van der Waals surface area contributed by atoms with E-state index < -0.39 is 0 Å². The fourth-order valence-electron chi connectivity index (χ4n) is 1.44. The van der Waals surface area contributed by atoms with Crippen molar-refractivity contribution in [2.24, 2.45) is 0 Å². The molecule has 17 heavy (non-hydrogen) atoms. The molecule has 0 saturated carbocycles. The summed E-state index contributed by atoms with van der Waals surface area (Å²) in [4.78, 5) is 0. The van der Waals surface area contributed by atoms with Gasteiger partial charge in [0, 0.05) is 0 Å². The van der Waals surface area contributed by atoms with Crippen LogP contribution in [0.4, 0.5) is 9.52 Å². The fraction of sp³-hybridized carbons (Fsp3) is 0.273. The van der Waals surface area contributed by atoms with Gasteiger partial charge in [0.15, 0.2) is 3.95 Å². The van der Waals surface area contributed by atoms with Gasteiger partial charge in [-0.2, -0.15) is 0 Å². The molecule has 0 aliphatic rings. The Morgan fingerprint density at radius 3 is 2.88 bits per heavy atom. The van der Waals surface area contributed by atoms with Gasteiger partial charge in [-0.3, -0.25) is 5.10 Å². The van der Waals surface area contributed by atoms with Crippen LogP contribution in [-0.4, -0.2) is 10.2 Å². The van der Waals surface area contributed by atoms with Gasteiger partial charge in [-0.25, -0.2) is 4.39 Å². The van der Waals surface area contributed by atoms with Crippen LogP contribution in [0, 0.1) is 16.7 Å². The van der Waals surface area contributed by atoms with Crippen LogP contribution >= 0.6 is 23.6 Å². The summed E-state index contributed by atoms with van der Waals surface area (Å²) in [5.74, 6) is -0.189. The van der Waals surface area contributed by atoms with E-state index in [0.717, 1.165) is 5.56 Å². The van der Waals surface area contributed by atoms with E-state index in [1.54, 1.807) is 19.1 Å². The number of anilines is 1. The highest BCUT2D eigenvalue weighted by molar-refractivity contribution is 7.73. The second-order valence-electron chi connectivity index (χ2n) is 3.79. The molecule has 90 valence electrons. The van der Waals surface area contributed by atoms with E-state index in [2.05, 4.69) is 15.5 Å². The largest absolute Gasteiger partial charge is 0.354 e. The number of nitrogens with zero attached hydrogens (tertiary/aromatic N) is 1. The molecule has 2 rings (SSSR count). The predicted octanol–water partition coefficient (Wildman–Crippen LogP) is 3.82. The maximum Gasteiger partial charge on any atom is 0.204 e. The second kappa shape index (κ2) is 4.93. The van der Waals surface area contributed by atoms with Gasteiger partial charge in [0.2, 0.25) is 5.13 Å². The first-order chi connectivity index (χ1) is 8.06. The molecule has 0 radical (unpaired) electrons. The van der Waals surface area contributed by atoms with Gasteiger partial charge in [-0.15, -0.1) is 5.10 Å². The normalized spacial score (nSPS) is 12.4. The number of benzene rings is 1.